The third-order valence-electron chi connectivity index (χ3n) is 5.08. The Morgan fingerprint density at radius 3 is 2.67 bits per heavy atom. The molecule has 10 heteroatoms. The molecule has 0 radical (unpaired) electrons. The maximum absolute atomic E-state index is 12.5. The number of rotatable bonds is 7. The summed E-state index contributed by atoms with van der Waals surface area (Å²) in [6.07, 6.45) is 5.71. The molecule has 1 aromatic carbocycles. The first-order valence-electron chi connectivity index (χ1n) is 9.92. The fraction of sp³-hybridized carbons (Fsp3) is 0.500. The van der Waals surface area contributed by atoms with Crippen LogP contribution in [-0.4, -0.2) is 38.4 Å². The quantitative estimate of drug-likeness (QED) is 0.594. The van der Waals surface area contributed by atoms with Crippen LogP contribution in [0.3, 0.4) is 0 Å². The molecule has 1 aliphatic rings. The predicted octanol–water partition coefficient (Wildman–Crippen LogP) is 4.15. The number of benzene rings is 1. The minimum absolute atomic E-state index is 0.00943. The molecule has 1 heterocycles. The largest absolute Gasteiger partial charge is 0.353 e. The van der Waals surface area contributed by atoms with Crippen molar-refractivity contribution >= 4 is 46.8 Å². The lowest BCUT2D eigenvalue weighted by Gasteiger charge is -2.22. The molecular weight excluding hydrogens is 445 g/mol. The standard InChI is InChI=1S/C20H25Cl2N5O2S/c1-12(23-19(29)15-9-8-13(21)10-16(15)22)18-25-26-20(27(18)2)30-11-17(28)24-14-6-4-3-5-7-14/h8-10,12,14H,3-7,11H2,1-2H3,(H,23,29)(H,24,28). The molecule has 0 saturated heterocycles. The van der Waals surface area contributed by atoms with Gasteiger partial charge in [0, 0.05) is 18.1 Å². The SMILES string of the molecule is CC(NC(=O)c1ccc(Cl)cc1Cl)c1nnc(SCC(=O)NC2CCCCC2)n1C. The van der Waals surface area contributed by atoms with Crippen molar-refractivity contribution in [3.05, 3.63) is 39.6 Å². The van der Waals surface area contributed by atoms with E-state index in [2.05, 4.69) is 20.8 Å². The Labute approximate surface area is 190 Å². The fourth-order valence-electron chi connectivity index (χ4n) is 3.49. The Hall–Kier alpha value is -1.77. The van der Waals surface area contributed by atoms with Crippen LogP contribution in [-0.2, 0) is 11.8 Å². The van der Waals surface area contributed by atoms with Gasteiger partial charge in [0.1, 0.15) is 0 Å². The van der Waals surface area contributed by atoms with Gasteiger partial charge in [0.15, 0.2) is 11.0 Å². The van der Waals surface area contributed by atoms with Gasteiger partial charge in [-0.15, -0.1) is 10.2 Å². The number of carbonyl (C=O) groups excluding carboxylic acids is 2. The van der Waals surface area contributed by atoms with Crippen LogP contribution >= 0.6 is 35.0 Å². The lowest BCUT2D eigenvalue weighted by molar-refractivity contribution is -0.119. The Kier molecular flexibility index (Phi) is 8.02. The van der Waals surface area contributed by atoms with Crippen molar-refractivity contribution in [1.29, 1.82) is 0 Å². The lowest BCUT2D eigenvalue weighted by Crippen LogP contribution is -2.37. The van der Waals surface area contributed by atoms with Crippen molar-refractivity contribution in [3.8, 4) is 0 Å². The first-order valence-corrected chi connectivity index (χ1v) is 11.7. The molecule has 1 aliphatic carbocycles. The van der Waals surface area contributed by atoms with Crippen LogP contribution in [0.15, 0.2) is 23.4 Å². The van der Waals surface area contributed by atoms with E-state index in [0.717, 1.165) is 12.8 Å². The van der Waals surface area contributed by atoms with Crippen molar-refractivity contribution in [2.45, 2.75) is 56.3 Å². The molecule has 1 unspecified atom stereocenters. The molecule has 1 aromatic heterocycles. The van der Waals surface area contributed by atoms with Gasteiger partial charge in [-0.1, -0.05) is 54.2 Å². The first kappa shape index (κ1) is 22.9. The van der Waals surface area contributed by atoms with Gasteiger partial charge < -0.3 is 15.2 Å². The smallest absolute Gasteiger partial charge is 0.253 e. The average Bonchev–Trinajstić information content (AvgIpc) is 3.07. The average molecular weight is 470 g/mol. The Bertz CT molecular complexity index is 915. The Morgan fingerprint density at radius 2 is 1.97 bits per heavy atom. The van der Waals surface area contributed by atoms with Gasteiger partial charge in [-0.05, 0) is 38.0 Å². The van der Waals surface area contributed by atoms with Crippen LogP contribution in [0.5, 0.6) is 0 Å². The number of nitrogens with zero attached hydrogens (tertiary/aromatic N) is 3. The summed E-state index contributed by atoms with van der Waals surface area (Å²) >= 11 is 13.3. The second kappa shape index (κ2) is 10.5. The summed E-state index contributed by atoms with van der Waals surface area (Å²) in [5.74, 6) is 0.552. The molecule has 0 aliphatic heterocycles. The van der Waals surface area contributed by atoms with Crippen molar-refractivity contribution in [2.24, 2.45) is 7.05 Å². The molecule has 1 saturated carbocycles. The summed E-state index contributed by atoms with van der Waals surface area (Å²) in [4.78, 5) is 24.8. The number of carbonyl (C=O) groups is 2. The van der Waals surface area contributed by atoms with Crippen LogP contribution < -0.4 is 10.6 Å². The summed E-state index contributed by atoms with van der Waals surface area (Å²) in [5, 5.41) is 15.7. The number of thioether (sulfide) groups is 1. The van der Waals surface area contributed by atoms with Gasteiger partial charge in [-0.3, -0.25) is 9.59 Å². The van der Waals surface area contributed by atoms with E-state index in [1.807, 2.05) is 14.0 Å². The highest BCUT2D eigenvalue weighted by atomic mass is 35.5. The molecule has 0 bridgehead atoms. The van der Waals surface area contributed by atoms with Crippen molar-refractivity contribution in [1.82, 2.24) is 25.4 Å². The molecule has 3 rings (SSSR count). The van der Waals surface area contributed by atoms with E-state index >= 15 is 0 Å². The number of aromatic nitrogens is 3. The molecule has 2 aromatic rings. The van der Waals surface area contributed by atoms with Crippen LogP contribution in [0.4, 0.5) is 0 Å². The molecular formula is C20H25Cl2N5O2S. The van der Waals surface area contributed by atoms with Gasteiger partial charge in [0.2, 0.25) is 5.91 Å². The predicted molar refractivity (Wildman–Crippen MR) is 119 cm³/mol. The van der Waals surface area contributed by atoms with Crippen LogP contribution in [0, 0.1) is 0 Å². The van der Waals surface area contributed by atoms with E-state index in [4.69, 9.17) is 23.2 Å². The number of halogens is 2. The maximum atomic E-state index is 12.5. The molecule has 30 heavy (non-hydrogen) atoms. The van der Waals surface area contributed by atoms with E-state index in [0.29, 0.717) is 21.6 Å². The van der Waals surface area contributed by atoms with Crippen LogP contribution in [0.25, 0.3) is 0 Å². The van der Waals surface area contributed by atoms with Gasteiger partial charge in [-0.2, -0.15) is 0 Å². The van der Waals surface area contributed by atoms with E-state index in [-0.39, 0.29) is 28.6 Å². The molecule has 7 nitrogen and oxygen atoms in total. The van der Waals surface area contributed by atoms with Crippen LogP contribution in [0.2, 0.25) is 10.0 Å². The molecule has 0 spiro atoms. The summed E-state index contributed by atoms with van der Waals surface area (Å²) < 4.78 is 1.78. The third kappa shape index (κ3) is 5.89. The summed E-state index contributed by atoms with van der Waals surface area (Å²) in [5.41, 5.74) is 0.337. The molecule has 1 fully saturated rings. The summed E-state index contributed by atoms with van der Waals surface area (Å²) in [7, 11) is 1.81. The summed E-state index contributed by atoms with van der Waals surface area (Å²) in [6, 6.07) is 4.61. The highest BCUT2D eigenvalue weighted by Crippen LogP contribution is 2.23. The highest BCUT2D eigenvalue weighted by molar-refractivity contribution is 7.99. The molecule has 162 valence electrons. The van der Waals surface area contributed by atoms with Gasteiger partial charge >= 0.3 is 0 Å². The normalized spacial score (nSPS) is 15.6. The van der Waals surface area contributed by atoms with E-state index < -0.39 is 6.04 Å². The van der Waals surface area contributed by atoms with E-state index in [1.165, 1.54) is 37.1 Å². The van der Waals surface area contributed by atoms with Crippen molar-refractivity contribution < 1.29 is 9.59 Å². The van der Waals surface area contributed by atoms with Gasteiger partial charge in [-0.25, -0.2) is 0 Å². The maximum Gasteiger partial charge on any atom is 0.253 e. The second-order valence-corrected chi connectivity index (χ2v) is 9.20. The number of hydrogen-bond acceptors (Lipinski definition) is 5. The monoisotopic (exact) mass is 469 g/mol. The van der Waals surface area contributed by atoms with Gasteiger partial charge in [0.05, 0.1) is 22.4 Å². The highest BCUT2D eigenvalue weighted by Gasteiger charge is 2.21. The Morgan fingerprint density at radius 1 is 1.23 bits per heavy atom. The Balaban J connectivity index is 1.55. The third-order valence-corrected chi connectivity index (χ3v) is 6.65. The minimum atomic E-state index is -0.396. The number of hydrogen-bond donors (Lipinski definition) is 2. The van der Waals surface area contributed by atoms with Gasteiger partial charge in [0.25, 0.3) is 5.91 Å². The van der Waals surface area contributed by atoms with Crippen molar-refractivity contribution in [2.75, 3.05) is 5.75 Å². The lowest BCUT2D eigenvalue weighted by atomic mass is 9.95. The second-order valence-electron chi connectivity index (χ2n) is 7.41. The zero-order valence-corrected chi connectivity index (χ0v) is 19.3. The number of nitrogens with one attached hydrogen (secondary N) is 2. The topological polar surface area (TPSA) is 88.9 Å². The molecule has 2 amide bonds. The zero-order valence-electron chi connectivity index (χ0n) is 17.0. The minimum Gasteiger partial charge on any atom is -0.353 e. The zero-order chi connectivity index (χ0) is 21.7. The van der Waals surface area contributed by atoms with Crippen LogP contribution in [0.1, 0.15) is 61.3 Å². The van der Waals surface area contributed by atoms with E-state index in [1.54, 1.807) is 16.7 Å². The molecule has 1 atom stereocenters. The van der Waals surface area contributed by atoms with Crippen molar-refractivity contribution in [3.63, 3.8) is 0 Å². The number of amides is 2. The first-order chi connectivity index (χ1) is 14.3. The van der Waals surface area contributed by atoms with E-state index in [9.17, 15) is 9.59 Å². The summed E-state index contributed by atoms with van der Waals surface area (Å²) in [6.45, 7) is 1.82. The fourth-order valence-corrected chi connectivity index (χ4v) is 4.71. The molecule has 2 N–H and O–H groups in total.